The number of ether oxygens (including phenoxy) is 1. The zero-order chi connectivity index (χ0) is 11.8. The molecule has 4 heteroatoms. The first kappa shape index (κ1) is 12.9. The van der Waals surface area contributed by atoms with Crippen molar-refractivity contribution >= 4 is 5.82 Å². The van der Waals surface area contributed by atoms with E-state index in [2.05, 4.69) is 22.4 Å². The van der Waals surface area contributed by atoms with Crippen molar-refractivity contribution in [1.82, 2.24) is 10.2 Å². The van der Waals surface area contributed by atoms with Gasteiger partial charge in [-0.1, -0.05) is 13.3 Å². The first-order chi connectivity index (χ1) is 7.76. The molecule has 0 amide bonds. The molecular weight excluding hydrogens is 202 g/mol. The average molecular weight is 223 g/mol. The van der Waals surface area contributed by atoms with Crippen LogP contribution in [0.2, 0.25) is 0 Å². The van der Waals surface area contributed by atoms with Gasteiger partial charge in [0, 0.05) is 20.3 Å². The van der Waals surface area contributed by atoms with Gasteiger partial charge in [-0.05, 0) is 30.9 Å². The van der Waals surface area contributed by atoms with Crippen molar-refractivity contribution < 1.29 is 4.74 Å². The van der Waals surface area contributed by atoms with E-state index < -0.39 is 0 Å². The molecule has 0 spiro atoms. The summed E-state index contributed by atoms with van der Waals surface area (Å²) < 4.78 is 5.09. The second-order valence-electron chi connectivity index (χ2n) is 4.05. The number of methoxy groups -OCH3 is 1. The van der Waals surface area contributed by atoms with E-state index in [0.29, 0.717) is 5.92 Å². The number of anilines is 1. The zero-order valence-electron chi connectivity index (χ0n) is 10.4. The molecule has 0 aliphatic carbocycles. The summed E-state index contributed by atoms with van der Waals surface area (Å²) >= 11 is 0. The maximum atomic E-state index is 5.09. The highest BCUT2D eigenvalue weighted by atomic mass is 16.5. The lowest BCUT2D eigenvalue weighted by Gasteiger charge is -2.15. The van der Waals surface area contributed by atoms with Gasteiger partial charge >= 0.3 is 0 Å². The Morgan fingerprint density at radius 3 is 2.94 bits per heavy atom. The second-order valence-corrected chi connectivity index (χ2v) is 4.05. The van der Waals surface area contributed by atoms with Gasteiger partial charge in [-0.2, -0.15) is 5.10 Å². The fraction of sp³-hybridized carbons (Fsp3) is 0.667. The molecule has 0 aromatic carbocycles. The van der Waals surface area contributed by atoms with E-state index in [0.717, 1.165) is 37.4 Å². The summed E-state index contributed by atoms with van der Waals surface area (Å²) in [5.41, 5.74) is 1.13. The number of aromatic nitrogens is 2. The Balaban J connectivity index is 2.37. The van der Waals surface area contributed by atoms with Crippen LogP contribution in [0.5, 0.6) is 0 Å². The molecule has 1 aromatic rings. The Labute approximate surface area is 97.4 Å². The van der Waals surface area contributed by atoms with Crippen LogP contribution >= 0.6 is 0 Å². The Hall–Kier alpha value is -1.16. The van der Waals surface area contributed by atoms with E-state index in [1.165, 1.54) is 0 Å². The SMILES string of the molecule is CCC(CCOC)CNc1cc(C)cnn1. The summed E-state index contributed by atoms with van der Waals surface area (Å²) in [4.78, 5) is 0. The molecule has 1 rings (SSSR count). The maximum absolute atomic E-state index is 5.09. The van der Waals surface area contributed by atoms with E-state index in [1.807, 2.05) is 13.0 Å². The van der Waals surface area contributed by atoms with Gasteiger partial charge in [0.1, 0.15) is 5.82 Å². The van der Waals surface area contributed by atoms with Crippen molar-refractivity contribution in [3.63, 3.8) is 0 Å². The Bertz CT molecular complexity index is 304. The molecule has 16 heavy (non-hydrogen) atoms. The quantitative estimate of drug-likeness (QED) is 0.770. The first-order valence-electron chi connectivity index (χ1n) is 5.78. The Morgan fingerprint density at radius 1 is 1.50 bits per heavy atom. The highest BCUT2D eigenvalue weighted by Gasteiger charge is 2.06. The van der Waals surface area contributed by atoms with Crippen molar-refractivity contribution in [3.8, 4) is 0 Å². The monoisotopic (exact) mass is 223 g/mol. The number of aryl methyl sites for hydroxylation is 1. The minimum absolute atomic E-state index is 0.627. The lowest BCUT2D eigenvalue weighted by Crippen LogP contribution is -2.16. The molecule has 0 bridgehead atoms. The molecule has 0 radical (unpaired) electrons. The minimum Gasteiger partial charge on any atom is -0.385 e. The standard InChI is InChI=1S/C12H21N3O/c1-4-11(5-6-16-3)9-13-12-7-10(2)8-14-15-12/h7-8,11H,4-6,9H2,1-3H3,(H,13,15). The third-order valence-electron chi connectivity index (χ3n) is 2.67. The Morgan fingerprint density at radius 2 is 2.31 bits per heavy atom. The van der Waals surface area contributed by atoms with Crippen LogP contribution < -0.4 is 5.32 Å². The van der Waals surface area contributed by atoms with Crippen LogP contribution in [0.25, 0.3) is 0 Å². The lowest BCUT2D eigenvalue weighted by molar-refractivity contribution is 0.178. The molecule has 0 aliphatic rings. The molecule has 0 aliphatic heterocycles. The van der Waals surface area contributed by atoms with Gasteiger partial charge in [-0.3, -0.25) is 0 Å². The van der Waals surface area contributed by atoms with Gasteiger partial charge in [0.25, 0.3) is 0 Å². The van der Waals surface area contributed by atoms with Crippen LogP contribution in [-0.4, -0.2) is 30.5 Å². The van der Waals surface area contributed by atoms with E-state index >= 15 is 0 Å². The fourth-order valence-corrected chi connectivity index (χ4v) is 1.53. The van der Waals surface area contributed by atoms with E-state index in [4.69, 9.17) is 4.74 Å². The smallest absolute Gasteiger partial charge is 0.148 e. The van der Waals surface area contributed by atoms with Crippen LogP contribution in [0, 0.1) is 12.8 Å². The molecular formula is C12H21N3O. The van der Waals surface area contributed by atoms with E-state index in [9.17, 15) is 0 Å². The van der Waals surface area contributed by atoms with Crippen molar-refractivity contribution in [3.05, 3.63) is 17.8 Å². The number of hydrogen-bond donors (Lipinski definition) is 1. The van der Waals surface area contributed by atoms with Gasteiger partial charge in [-0.15, -0.1) is 5.10 Å². The fourth-order valence-electron chi connectivity index (χ4n) is 1.53. The molecule has 4 nitrogen and oxygen atoms in total. The largest absolute Gasteiger partial charge is 0.385 e. The number of nitrogens with zero attached hydrogens (tertiary/aromatic N) is 2. The van der Waals surface area contributed by atoms with Gasteiger partial charge in [0.05, 0.1) is 6.20 Å². The third-order valence-corrected chi connectivity index (χ3v) is 2.67. The zero-order valence-corrected chi connectivity index (χ0v) is 10.4. The summed E-state index contributed by atoms with van der Waals surface area (Å²) in [6, 6.07) is 2.01. The van der Waals surface area contributed by atoms with Gasteiger partial charge in [0.2, 0.25) is 0 Å². The first-order valence-corrected chi connectivity index (χ1v) is 5.78. The molecule has 1 atom stereocenters. The molecule has 1 unspecified atom stereocenters. The van der Waals surface area contributed by atoms with Crippen molar-refractivity contribution in [2.45, 2.75) is 26.7 Å². The molecule has 1 heterocycles. The van der Waals surface area contributed by atoms with Crippen LogP contribution in [0.15, 0.2) is 12.3 Å². The van der Waals surface area contributed by atoms with Gasteiger partial charge < -0.3 is 10.1 Å². The Kier molecular flexibility index (Phi) is 5.78. The van der Waals surface area contributed by atoms with Crippen LogP contribution in [0.1, 0.15) is 25.3 Å². The number of rotatable bonds is 7. The summed E-state index contributed by atoms with van der Waals surface area (Å²) in [5, 5.41) is 11.3. The molecule has 0 fully saturated rings. The van der Waals surface area contributed by atoms with Crippen LogP contribution in [0.3, 0.4) is 0 Å². The molecule has 90 valence electrons. The maximum Gasteiger partial charge on any atom is 0.148 e. The average Bonchev–Trinajstić information content (AvgIpc) is 2.29. The number of hydrogen-bond acceptors (Lipinski definition) is 4. The van der Waals surface area contributed by atoms with Crippen molar-refractivity contribution in [2.75, 3.05) is 25.6 Å². The van der Waals surface area contributed by atoms with Gasteiger partial charge in [-0.25, -0.2) is 0 Å². The molecule has 1 N–H and O–H groups in total. The highest BCUT2D eigenvalue weighted by molar-refractivity contribution is 5.34. The van der Waals surface area contributed by atoms with Crippen molar-refractivity contribution in [1.29, 1.82) is 0 Å². The van der Waals surface area contributed by atoms with E-state index in [1.54, 1.807) is 13.3 Å². The van der Waals surface area contributed by atoms with Gasteiger partial charge in [0.15, 0.2) is 0 Å². The summed E-state index contributed by atoms with van der Waals surface area (Å²) in [6.45, 7) is 5.96. The third kappa shape index (κ3) is 4.57. The lowest BCUT2D eigenvalue weighted by atomic mass is 10.0. The predicted octanol–water partition coefficient (Wildman–Crippen LogP) is 2.26. The van der Waals surface area contributed by atoms with Crippen LogP contribution in [0.4, 0.5) is 5.82 Å². The second kappa shape index (κ2) is 7.17. The topological polar surface area (TPSA) is 47.0 Å². The normalized spacial score (nSPS) is 12.4. The van der Waals surface area contributed by atoms with Crippen molar-refractivity contribution in [2.24, 2.45) is 5.92 Å². The van der Waals surface area contributed by atoms with Crippen LogP contribution in [-0.2, 0) is 4.74 Å². The number of nitrogens with one attached hydrogen (secondary N) is 1. The summed E-state index contributed by atoms with van der Waals surface area (Å²) in [7, 11) is 1.74. The summed E-state index contributed by atoms with van der Waals surface area (Å²) in [5.74, 6) is 1.48. The molecule has 1 aromatic heterocycles. The summed E-state index contributed by atoms with van der Waals surface area (Å²) in [6.07, 6.45) is 3.99. The minimum atomic E-state index is 0.627. The predicted molar refractivity (Wildman–Crippen MR) is 65.5 cm³/mol. The van der Waals surface area contributed by atoms with E-state index in [-0.39, 0.29) is 0 Å². The molecule has 0 saturated heterocycles. The molecule has 0 saturated carbocycles. The highest BCUT2D eigenvalue weighted by Crippen LogP contribution is 2.10.